The van der Waals surface area contributed by atoms with Crippen LogP contribution in [0.4, 0.5) is 5.69 Å². The molecule has 0 aliphatic rings. The van der Waals surface area contributed by atoms with E-state index in [1.807, 2.05) is 0 Å². The highest BCUT2D eigenvalue weighted by molar-refractivity contribution is 5.97. The second-order valence-electron chi connectivity index (χ2n) is 5.32. The van der Waals surface area contributed by atoms with Gasteiger partial charge in [0, 0.05) is 11.3 Å². The first kappa shape index (κ1) is 18.2. The van der Waals surface area contributed by atoms with Crippen LogP contribution in [0, 0.1) is 0 Å². The monoisotopic (exact) mass is 342 g/mol. The highest BCUT2D eigenvalue weighted by atomic mass is 16.6. The molecule has 25 heavy (non-hydrogen) atoms. The Morgan fingerprint density at radius 2 is 1.64 bits per heavy atom. The van der Waals surface area contributed by atoms with Crippen molar-refractivity contribution in [2.45, 2.75) is 19.1 Å². The summed E-state index contributed by atoms with van der Waals surface area (Å²) in [6.45, 7) is 1.39. The van der Waals surface area contributed by atoms with Gasteiger partial charge in [-0.15, -0.1) is 0 Å². The number of primary amides is 1. The largest absolute Gasteiger partial charge is 0.450 e. The van der Waals surface area contributed by atoms with Gasteiger partial charge in [0.2, 0.25) is 5.91 Å². The third-order valence-corrected chi connectivity index (χ3v) is 3.44. The van der Waals surface area contributed by atoms with E-state index in [9.17, 15) is 19.5 Å². The van der Waals surface area contributed by atoms with Crippen molar-refractivity contribution in [3.63, 3.8) is 0 Å². The number of esters is 1. The number of aliphatic hydroxyl groups excluding tert-OH is 1. The number of carbonyl (C=O) groups excluding carboxylic acids is 3. The highest BCUT2D eigenvalue weighted by Gasteiger charge is 2.24. The second kappa shape index (κ2) is 8.07. The number of hydrogen-bond donors (Lipinski definition) is 3. The van der Waals surface area contributed by atoms with Crippen LogP contribution in [0.3, 0.4) is 0 Å². The number of nitrogens with one attached hydrogen (secondary N) is 1. The fourth-order valence-corrected chi connectivity index (χ4v) is 2.03. The zero-order valence-corrected chi connectivity index (χ0v) is 13.5. The summed E-state index contributed by atoms with van der Waals surface area (Å²) in [5.74, 6) is -2.06. The number of anilines is 1. The van der Waals surface area contributed by atoms with Gasteiger partial charge in [-0.05, 0) is 36.8 Å². The molecule has 0 fully saturated rings. The van der Waals surface area contributed by atoms with E-state index in [0.29, 0.717) is 16.8 Å². The predicted octanol–water partition coefficient (Wildman–Crippen LogP) is 1.39. The molecule has 2 atom stereocenters. The summed E-state index contributed by atoms with van der Waals surface area (Å²) in [6.07, 6.45) is -2.58. The van der Waals surface area contributed by atoms with Gasteiger partial charge in [0.25, 0.3) is 5.91 Å². The Labute approximate surface area is 144 Å². The second-order valence-corrected chi connectivity index (χ2v) is 5.32. The van der Waals surface area contributed by atoms with Gasteiger partial charge in [0.1, 0.15) is 0 Å². The molecule has 0 spiro atoms. The van der Waals surface area contributed by atoms with Crippen molar-refractivity contribution in [3.8, 4) is 0 Å². The lowest BCUT2D eigenvalue weighted by atomic mass is 10.1. The molecule has 130 valence electrons. The van der Waals surface area contributed by atoms with Crippen LogP contribution in [0.1, 0.15) is 28.9 Å². The van der Waals surface area contributed by atoms with Crippen LogP contribution in [-0.4, -0.2) is 29.0 Å². The Kier molecular flexibility index (Phi) is 5.86. The molecule has 0 heterocycles. The van der Waals surface area contributed by atoms with E-state index < -0.39 is 30.0 Å². The summed E-state index contributed by atoms with van der Waals surface area (Å²) in [7, 11) is 0. The maximum Gasteiger partial charge on any atom is 0.340 e. The predicted molar refractivity (Wildman–Crippen MR) is 90.5 cm³/mol. The average molecular weight is 342 g/mol. The number of amides is 2. The maximum absolute atomic E-state index is 12.1. The Bertz CT molecular complexity index is 759. The van der Waals surface area contributed by atoms with Gasteiger partial charge in [-0.2, -0.15) is 0 Å². The van der Waals surface area contributed by atoms with Crippen LogP contribution >= 0.6 is 0 Å². The molecule has 0 aliphatic carbocycles. The topological polar surface area (TPSA) is 119 Å². The minimum absolute atomic E-state index is 0.309. The molecule has 0 saturated heterocycles. The molecule has 2 aromatic rings. The first-order valence-corrected chi connectivity index (χ1v) is 7.52. The van der Waals surface area contributed by atoms with Crippen LogP contribution in [-0.2, 0) is 14.3 Å². The van der Waals surface area contributed by atoms with Crippen molar-refractivity contribution in [2.75, 3.05) is 5.32 Å². The van der Waals surface area contributed by atoms with Gasteiger partial charge < -0.3 is 20.9 Å². The average Bonchev–Trinajstić information content (AvgIpc) is 2.62. The molecule has 0 unspecified atom stereocenters. The summed E-state index contributed by atoms with van der Waals surface area (Å²) in [6, 6.07) is 14.2. The number of nitrogens with two attached hydrogens (primary N) is 1. The molecule has 0 bridgehead atoms. The Morgan fingerprint density at radius 1 is 1.04 bits per heavy atom. The normalized spacial score (nSPS) is 12.7. The van der Waals surface area contributed by atoms with Crippen molar-refractivity contribution in [2.24, 2.45) is 5.73 Å². The molecule has 0 aliphatic heterocycles. The highest BCUT2D eigenvalue weighted by Crippen LogP contribution is 2.15. The zero-order chi connectivity index (χ0) is 18.4. The molecule has 0 aromatic heterocycles. The zero-order valence-electron chi connectivity index (χ0n) is 13.5. The third kappa shape index (κ3) is 4.89. The fourth-order valence-electron chi connectivity index (χ4n) is 2.03. The van der Waals surface area contributed by atoms with Gasteiger partial charge in [0.05, 0.1) is 0 Å². The molecular formula is C18H18N2O5. The lowest BCUT2D eigenvalue weighted by Crippen LogP contribution is -2.31. The van der Waals surface area contributed by atoms with Gasteiger partial charge in [0.15, 0.2) is 12.2 Å². The quantitative estimate of drug-likeness (QED) is 0.686. The molecule has 0 saturated carbocycles. The maximum atomic E-state index is 12.1. The number of hydrogen-bond acceptors (Lipinski definition) is 5. The van der Waals surface area contributed by atoms with Gasteiger partial charge >= 0.3 is 5.97 Å². The molecule has 0 radical (unpaired) electrons. The Balaban J connectivity index is 1.93. The van der Waals surface area contributed by atoms with Crippen LogP contribution in [0.15, 0.2) is 54.6 Å². The Hall–Kier alpha value is -3.19. The van der Waals surface area contributed by atoms with Crippen LogP contribution in [0.2, 0.25) is 0 Å². The van der Waals surface area contributed by atoms with Gasteiger partial charge in [-0.25, -0.2) is 4.79 Å². The molecular weight excluding hydrogens is 324 g/mol. The van der Waals surface area contributed by atoms with E-state index in [0.717, 1.165) is 0 Å². The van der Waals surface area contributed by atoms with Crippen LogP contribution in [0.5, 0.6) is 0 Å². The molecule has 7 heteroatoms. The number of carbonyl (C=O) groups is 3. The summed E-state index contributed by atoms with van der Waals surface area (Å²) < 4.78 is 4.99. The number of aliphatic hydroxyl groups is 1. The summed E-state index contributed by atoms with van der Waals surface area (Å²) in [5, 5.41) is 12.5. The first-order chi connectivity index (χ1) is 11.9. The van der Waals surface area contributed by atoms with E-state index in [4.69, 9.17) is 10.5 Å². The van der Waals surface area contributed by atoms with Crippen LogP contribution < -0.4 is 11.1 Å². The van der Waals surface area contributed by atoms with E-state index in [1.54, 1.807) is 30.3 Å². The van der Waals surface area contributed by atoms with Crippen LogP contribution in [0.25, 0.3) is 0 Å². The summed E-state index contributed by atoms with van der Waals surface area (Å²) in [4.78, 5) is 35.0. The lowest BCUT2D eigenvalue weighted by Gasteiger charge is -2.16. The van der Waals surface area contributed by atoms with E-state index in [-0.39, 0.29) is 0 Å². The summed E-state index contributed by atoms with van der Waals surface area (Å²) >= 11 is 0. The standard InChI is InChI=1S/C18H18N2O5/c1-11(25-18(24)15(21)12-5-3-2-4-6-12)17(23)20-14-9-7-13(8-10-14)16(19)22/h2-11,15,21H,1H3,(H2,19,22)(H,20,23)/t11-,15+/m0/s1. The van der Waals surface area contributed by atoms with E-state index >= 15 is 0 Å². The third-order valence-electron chi connectivity index (χ3n) is 3.44. The molecule has 4 N–H and O–H groups in total. The van der Waals surface area contributed by atoms with Crippen molar-refractivity contribution in [3.05, 3.63) is 65.7 Å². The van der Waals surface area contributed by atoms with E-state index in [2.05, 4.69) is 5.32 Å². The van der Waals surface area contributed by atoms with E-state index in [1.165, 1.54) is 31.2 Å². The van der Waals surface area contributed by atoms with Crippen molar-refractivity contribution >= 4 is 23.5 Å². The molecule has 2 rings (SSSR count). The Morgan fingerprint density at radius 3 is 2.20 bits per heavy atom. The van der Waals surface area contributed by atoms with Gasteiger partial charge in [-0.1, -0.05) is 30.3 Å². The SMILES string of the molecule is C[C@H](OC(=O)[C@H](O)c1ccccc1)C(=O)Nc1ccc(C(N)=O)cc1. The van der Waals surface area contributed by atoms with Crippen molar-refractivity contribution < 1.29 is 24.2 Å². The minimum Gasteiger partial charge on any atom is -0.450 e. The molecule has 2 amide bonds. The number of benzene rings is 2. The number of ether oxygens (including phenoxy) is 1. The van der Waals surface area contributed by atoms with Crippen molar-refractivity contribution in [1.29, 1.82) is 0 Å². The minimum atomic E-state index is -1.47. The fraction of sp³-hybridized carbons (Fsp3) is 0.167. The lowest BCUT2D eigenvalue weighted by molar-refractivity contribution is -0.162. The molecule has 2 aromatic carbocycles. The van der Waals surface area contributed by atoms with Gasteiger partial charge in [-0.3, -0.25) is 9.59 Å². The summed E-state index contributed by atoms with van der Waals surface area (Å²) in [5.41, 5.74) is 6.24. The van der Waals surface area contributed by atoms with Crippen molar-refractivity contribution in [1.82, 2.24) is 0 Å². The smallest absolute Gasteiger partial charge is 0.340 e. The number of rotatable bonds is 6. The first-order valence-electron chi connectivity index (χ1n) is 7.52. The molecule has 7 nitrogen and oxygen atoms in total.